The normalized spacial score (nSPS) is 25.0. The van der Waals surface area contributed by atoms with E-state index >= 15 is 0 Å². The van der Waals surface area contributed by atoms with Crippen LogP contribution in [-0.2, 0) is 4.74 Å². The van der Waals surface area contributed by atoms with Gasteiger partial charge >= 0.3 is 0 Å². The van der Waals surface area contributed by atoms with Crippen LogP contribution in [0, 0.1) is 12.3 Å². The Morgan fingerprint density at radius 1 is 1.40 bits per heavy atom. The van der Waals surface area contributed by atoms with Crippen molar-refractivity contribution in [1.29, 1.82) is 0 Å². The fourth-order valence-corrected chi connectivity index (χ4v) is 4.76. The lowest BCUT2D eigenvalue weighted by atomic mass is 9.55. The van der Waals surface area contributed by atoms with Gasteiger partial charge in [-0.3, -0.25) is 4.79 Å². The Kier molecular flexibility index (Phi) is 4.23. The lowest BCUT2D eigenvalue weighted by molar-refractivity contribution is -0.146. The van der Waals surface area contributed by atoms with Crippen LogP contribution in [0.25, 0.3) is 5.65 Å². The molecule has 1 N–H and O–H groups in total. The van der Waals surface area contributed by atoms with Crippen molar-refractivity contribution < 1.29 is 9.53 Å². The summed E-state index contributed by atoms with van der Waals surface area (Å²) in [6.45, 7) is 4.66. The highest BCUT2D eigenvalue weighted by molar-refractivity contribution is 6.01. The van der Waals surface area contributed by atoms with Gasteiger partial charge in [0.25, 0.3) is 5.91 Å². The number of ether oxygens (including phenoxy) is 1. The van der Waals surface area contributed by atoms with E-state index in [0.717, 1.165) is 31.6 Å². The third-order valence-electron chi connectivity index (χ3n) is 6.04. The summed E-state index contributed by atoms with van der Waals surface area (Å²) >= 11 is 0. The number of carbonyl (C=O) groups is 1. The molecule has 0 aliphatic heterocycles. The van der Waals surface area contributed by atoms with Crippen molar-refractivity contribution in [1.82, 2.24) is 19.9 Å². The van der Waals surface area contributed by atoms with Crippen LogP contribution >= 0.6 is 0 Å². The summed E-state index contributed by atoms with van der Waals surface area (Å²) in [6, 6.07) is 2.01. The minimum Gasteiger partial charge on any atom is -0.378 e. The number of fused-ring (bicyclic) bond motifs is 1. The summed E-state index contributed by atoms with van der Waals surface area (Å²) in [4.78, 5) is 17.3. The number of nitrogens with zero attached hydrogens (tertiary/aromatic N) is 3. The Balaban J connectivity index is 1.57. The Hall–Kier alpha value is -1.95. The minimum absolute atomic E-state index is 0.0592. The molecule has 0 aromatic carbocycles. The third kappa shape index (κ3) is 2.63. The number of aromatic nitrogens is 3. The molecule has 0 bridgehead atoms. The zero-order valence-corrected chi connectivity index (χ0v) is 15.0. The Morgan fingerprint density at radius 2 is 2.20 bits per heavy atom. The predicted molar refractivity (Wildman–Crippen MR) is 94.5 cm³/mol. The molecule has 2 aromatic rings. The number of hydrogen-bond donors (Lipinski definition) is 1. The van der Waals surface area contributed by atoms with Gasteiger partial charge in [-0.05, 0) is 39.2 Å². The zero-order chi connectivity index (χ0) is 17.4. The average molecular weight is 342 g/mol. The van der Waals surface area contributed by atoms with Crippen molar-refractivity contribution in [3.63, 3.8) is 0 Å². The standard InChI is InChI=1S/C19H26N4O2/c1-3-25-15-12-14(19(15)8-5-4-6-9-19)21-18(24)16-13(2)22-23-11-7-10-20-17(16)23/h7,10-11,14-15H,3-6,8-9,12H2,1-2H3,(H,21,24)/t14-,15-/m0/s1. The summed E-state index contributed by atoms with van der Waals surface area (Å²) in [6.07, 6.45) is 10.8. The van der Waals surface area contributed by atoms with Crippen LogP contribution < -0.4 is 5.32 Å². The van der Waals surface area contributed by atoms with E-state index in [0.29, 0.717) is 11.2 Å². The van der Waals surface area contributed by atoms with Gasteiger partial charge in [0.05, 0.1) is 11.8 Å². The lowest BCUT2D eigenvalue weighted by Gasteiger charge is -2.57. The molecule has 2 fully saturated rings. The summed E-state index contributed by atoms with van der Waals surface area (Å²) < 4.78 is 7.66. The van der Waals surface area contributed by atoms with E-state index in [1.807, 2.05) is 19.2 Å². The maximum absolute atomic E-state index is 13.0. The Bertz CT molecular complexity index is 779. The molecule has 25 heavy (non-hydrogen) atoms. The summed E-state index contributed by atoms with van der Waals surface area (Å²) in [5.74, 6) is -0.0592. The first-order valence-corrected chi connectivity index (χ1v) is 9.38. The summed E-state index contributed by atoms with van der Waals surface area (Å²) in [5, 5.41) is 7.69. The third-order valence-corrected chi connectivity index (χ3v) is 6.04. The summed E-state index contributed by atoms with van der Waals surface area (Å²) in [5.41, 5.74) is 2.05. The first-order chi connectivity index (χ1) is 12.2. The monoisotopic (exact) mass is 342 g/mol. The number of carbonyl (C=O) groups excluding carboxylic acids is 1. The molecule has 2 heterocycles. The highest BCUT2D eigenvalue weighted by Crippen LogP contribution is 2.53. The smallest absolute Gasteiger partial charge is 0.257 e. The topological polar surface area (TPSA) is 68.5 Å². The van der Waals surface area contributed by atoms with Crippen LogP contribution in [0.15, 0.2) is 18.5 Å². The molecule has 0 saturated heterocycles. The molecule has 2 aliphatic rings. The molecule has 2 atom stereocenters. The van der Waals surface area contributed by atoms with Crippen LogP contribution in [0.1, 0.15) is 61.5 Å². The van der Waals surface area contributed by atoms with E-state index in [4.69, 9.17) is 4.74 Å². The number of hydrogen-bond acceptors (Lipinski definition) is 4. The largest absolute Gasteiger partial charge is 0.378 e. The Morgan fingerprint density at radius 3 is 2.96 bits per heavy atom. The number of rotatable bonds is 4. The van der Waals surface area contributed by atoms with Gasteiger partial charge in [-0.25, -0.2) is 9.50 Å². The van der Waals surface area contributed by atoms with Crippen LogP contribution in [0.3, 0.4) is 0 Å². The van der Waals surface area contributed by atoms with Crippen LogP contribution in [0.4, 0.5) is 0 Å². The molecule has 0 radical (unpaired) electrons. The van der Waals surface area contributed by atoms with Crippen molar-refractivity contribution in [2.24, 2.45) is 5.41 Å². The number of nitrogens with one attached hydrogen (secondary N) is 1. The van der Waals surface area contributed by atoms with Gasteiger partial charge in [-0.1, -0.05) is 19.3 Å². The molecule has 6 heteroatoms. The molecule has 0 unspecified atom stereocenters. The van der Waals surface area contributed by atoms with Crippen LogP contribution in [0.2, 0.25) is 0 Å². The highest BCUT2D eigenvalue weighted by Gasteiger charge is 2.56. The maximum atomic E-state index is 13.0. The second kappa shape index (κ2) is 6.41. The molecule has 1 amide bonds. The quantitative estimate of drug-likeness (QED) is 0.928. The number of aryl methyl sites for hydroxylation is 1. The molecule has 2 saturated carbocycles. The van der Waals surface area contributed by atoms with Gasteiger partial charge in [0.1, 0.15) is 5.56 Å². The number of amides is 1. The van der Waals surface area contributed by atoms with E-state index in [1.54, 1.807) is 10.7 Å². The summed E-state index contributed by atoms with van der Waals surface area (Å²) in [7, 11) is 0. The average Bonchev–Trinajstić information content (AvgIpc) is 2.97. The van der Waals surface area contributed by atoms with E-state index in [1.165, 1.54) is 19.3 Å². The second-order valence-corrected chi connectivity index (χ2v) is 7.35. The molecule has 4 rings (SSSR count). The van der Waals surface area contributed by atoms with Gasteiger partial charge < -0.3 is 10.1 Å². The van der Waals surface area contributed by atoms with Crippen LogP contribution in [-0.4, -0.2) is 39.3 Å². The molecular weight excluding hydrogens is 316 g/mol. The zero-order valence-electron chi connectivity index (χ0n) is 15.0. The van der Waals surface area contributed by atoms with E-state index in [9.17, 15) is 4.79 Å². The van der Waals surface area contributed by atoms with Crippen LogP contribution in [0.5, 0.6) is 0 Å². The van der Waals surface area contributed by atoms with Crippen molar-refractivity contribution in [3.05, 3.63) is 29.7 Å². The molecular formula is C19H26N4O2. The Labute approximate surface area is 148 Å². The fourth-order valence-electron chi connectivity index (χ4n) is 4.76. The van der Waals surface area contributed by atoms with E-state index in [2.05, 4.69) is 22.3 Å². The molecule has 6 nitrogen and oxygen atoms in total. The molecule has 2 aliphatic carbocycles. The molecule has 2 aromatic heterocycles. The van der Waals surface area contributed by atoms with Gasteiger partial charge in [-0.15, -0.1) is 0 Å². The van der Waals surface area contributed by atoms with Gasteiger partial charge in [0, 0.05) is 30.5 Å². The van der Waals surface area contributed by atoms with Crippen molar-refractivity contribution in [2.75, 3.05) is 6.61 Å². The van der Waals surface area contributed by atoms with Crippen molar-refractivity contribution in [3.8, 4) is 0 Å². The minimum atomic E-state index is -0.0592. The van der Waals surface area contributed by atoms with Gasteiger partial charge in [-0.2, -0.15) is 5.10 Å². The van der Waals surface area contributed by atoms with E-state index < -0.39 is 0 Å². The lowest BCUT2D eigenvalue weighted by Crippen LogP contribution is -2.65. The first-order valence-electron chi connectivity index (χ1n) is 9.38. The van der Waals surface area contributed by atoms with Crippen molar-refractivity contribution >= 4 is 11.6 Å². The van der Waals surface area contributed by atoms with Gasteiger partial charge in [0.15, 0.2) is 5.65 Å². The van der Waals surface area contributed by atoms with Crippen molar-refractivity contribution in [2.45, 2.75) is 64.5 Å². The maximum Gasteiger partial charge on any atom is 0.257 e. The van der Waals surface area contributed by atoms with E-state index in [-0.39, 0.29) is 23.5 Å². The second-order valence-electron chi connectivity index (χ2n) is 7.35. The fraction of sp³-hybridized carbons (Fsp3) is 0.632. The molecule has 1 spiro atoms. The van der Waals surface area contributed by atoms with Gasteiger partial charge in [0.2, 0.25) is 0 Å². The molecule has 134 valence electrons. The SMILES string of the molecule is CCO[C@H]1C[C@H](NC(=O)c2c(C)nn3cccnc23)C12CCCCC2. The highest BCUT2D eigenvalue weighted by atomic mass is 16.5. The predicted octanol–water partition coefficient (Wildman–Crippen LogP) is 2.90. The first kappa shape index (κ1) is 16.5.